The molecule has 3 aromatic rings. The average Bonchev–Trinajstić information content (AvgIpc) is 3.27. The lowest BCUT2D eigenvalue weighted by atomic mass is 9.91. The predicted molar refractivity (Wildman–Crippen MR) is 105 cm³/mol. The van der Waals surface area contributed by atoms with Crippen LogP contribution in [0.25, 0.3) is 11.3 Å². The molecular weight excluding hydrogens is 392 g/mol. The molecule has 1 aromatic heterocycles. The molecule has 2 aromatic carbocycles. The number of nitriles is 1. The van der Waals surface area contributed by atoms with Gasteiger partial charge in [0.25, 0.3) is 5.91 Å². The third-order valence-electron chi connectivity index (χ3n) is 4.82. The molecule has 0 saturated carbocycles. The number of amides is 3. The molecule has 0 bridgehead atoms. The monoisotopic (exact) mass is 406 g/mol. The maximum absolute atomic E-state index is 13.0. The zero-order valence-electron chi connectivity index (χ0n) is 15.3. The van der Waals surface area contributed by atoms with Gasteiger partial charge in [0.2, 0.25) is 5.89 Å². The fourth-order valence-corrected chi connectivity index (χ4v) is 3.40. The van der Waals surface area contributed by atoms with E-state index < -0.39 is 17.5 Å². The first kappa shape index (κ1) is 18.7. The summed E-state index contributed by atoms with van der Waals surface area (Å²) in [7, 11) is 0. The molecular formula is C21H15ClN4O3. The van der Waals surface area contributed by atoms with Gasteiger partial charge >= 0.3 is 6.03 Å². The Labute approximate surface area is 171 Å². The Bertz CT molecular complexity index is 1150. The Morgan fingerprint density at radius 1 is 1.24 bits per heavy atom. The molecule has 2 heterocycles. The summed E-state index contributed by atoms with van der Waals surface area (Å²) in [5, 5.41) is 12.2. The summed E-state index contributed by atoms with van der Waals surface area (Å²) in [4.78, 5) is 30.7. The molecule has 3 amide bonds. The van der Waals surface area contributed by atoms with Gasteiger partial charge in [-0.3, -0.25) is 9.69 Å². The van der Waals surface area contributed by atoms with Gasteiger partial charge in [0.05, 0.1) is 17.8 Å². The summed E-state index contributed by atoms with van der Waals surface area (Å²) in [6, 6.07) is 15.1. The number of aromatic nitrogens is 1. The summed E-state index contributed by atoms with van der Waals surface area (Å²) >= 11 is 6.00. The van der Waals surface area contributed by atoms with Crippen molar-refractivity contribution < 1.29 is 14.0 Å². The second kappa shape index (κ2) is 7.08. The molecule has 1 atom stereocenters. The summed E-state index contributed by atoms with van der Waals surface area (Å²) in [5.41, 5.74) is 0.576. The maximum Gasteiger partial charge on any atom is 0.325 e. The minimum Gasteiger partial charge on any atom is -0.439 e. The summed E-state index contributed by atoms with van der Waals surface area (Å²) in [6.07, 6.45) is 1.53. The Hall–Kier alpha value is -3.63. The lowest BCUT2D eigenvalue weighted by Gasteiger charge is -2.22. The van der Waals surface area contributed by atoms with Crippen LogP contribution < -0.4 is 5.32 Å². The Kier molecular flexibility index (Phi) is 4.57. The van der Waals surface area contributed by atoms with E-state index >= 15 is 0 Å². The Morgan fingerprint density at radius 2 is 2.00 bits per heavy atom. The number of hydrogen-bond acceptors (Lipinski definition) is 5. The Morgan fingerprint density at radius 3 is 2.69 bits per heavy atom. The number of nitrogens with one attached hydrogen (secondary N) is 1. The van der Waals surface area contributed by atoms with Gasteiger partial charge in [-0.2, -0.15) is 5.26 Å². The van der Waals surface area contributed by atoms with Crippen molar-refractivity contribution in [3.63, 3.8) is 0 Å². The topological polar surface area (TPSA) is 99.2 Å². The molecule has 0 radical (unpaired) electrons. The van der Waals surface area contributed by atoms with Crippen LogP contribution in [0.3, 0.4) is 0 Å². The molecule has 144 valence electrons. The van der Waals surface area contributed by atoms with Crippen molar-refractivity contribution in [3.05, 3.63) is 76.8 Å². The normalized spacial score (nSPS) is 18.6. The minimum absolute atomic E-state index is 0.100. The van der Waals surface area contributed by atoms with Crippen LogP contribution in [0.15, 0.2) is 59.1 Å². The number of carbonyl (C=O) groups is 2. The lowest BCUT2D eigenvalue weighted by molar-refractivity contribution is -0.131. The molecule has 1 N–H and O–H groups in total. The predicted octanol–water partition coefficient (Wildman–Crippen LogP) is 3.83. The van der Waals surface area contributed by atoms with Crippen molar-refractivity contribution in [2.24, 2.45) is 0 Å². The zero-order valence-corrected chi connectivity index (χ0v) is 16.1. The van der Waals surface area contributed by atoms with Crippen molar-refractivity contribution in [1.82, 2.24) is 15.2 Å². The van der Waals surface area contributed by atoms with E-state index in [1.807, 2.05) is 12.1 Å². The summed E-state index contributed by atoms with van der Waals surface area (Å²) in [5.74, 6) is 0.298. The highest BCUT2D eigenvalue weighted by molar-refractivity contribution is 6.30. The number of oxazole rings is 1. The van der Waals surface area contributed by atoms with Crippen molar-refractivity contribution in [1.29, 1.82) is 5.26 Å². The molecule has 1 aliphatic rings. The smallest absolute Gasteiger partial charge is 0.325 e. The second-order valence-corrected chi connectivity index (χ2v) is 7.20. The number of benzene rings is 2. The van der Waals surface area contributed by atoms with Crippen LogP contribution in [0, 0.1) is 11.3 Å². The maximum atomic E-state index is 13.0. The van der Waals surface area contributed by atoms with E-state index in [1.165, 1.54) is 6.20 Å². The van der Waals surface area contributed by atoms with Gasteiger partial charge in [0, 0.05) is 10.6 Å². The van der Waals surface area contributed by atoms with Gasteiger partial charge in [-0.05, 0) is 36.8 Å². The van der Waals surface area contributed by atoms with Crippen LogP contribution in [0.4, 0.5) is 4.79 Å². The van der Waals surface area contributed by atoms with E-state index in [0.717, 1.165) is 10.5 Å². The number of imide groups is 1. The first-order chi connectivity index (χ1) is 13.9. The number of urea groups is 1. The van der Waals surface area contributed by atoms with Gasteiger partial charge < -0.3 is 9.73 Å². The summed E-state index contributed by atoms with van der Waals surface area (Å²) < 4.78 is 5.71. The molecule has 4 rings (SSSR count). The third-order valence-corrected chi connectivity index (χ3v) is 5.06. The minimum atomic E-state index is -1.23. The van der Waals surface area contributed by atoms with Gasteiger partial charge in [-0.15, -0.1) is 0 Å². The molecule has 1 saturated heterocycles. The highest BCUT2D eigenvalue weighted by Crippen LogP contribution is 2.30. The van der Waals surface area contributed by atoms with Crippen LogP contribution in [0.2, 0.25) is 5.02 Å². The summed E-state index contributed by atoms with van der Waals surface area (Å²) in [6.45, 7) is 1.53. The van der Waals surface area contributed by atoms with Crippen LogP contribution in [0.5, 0.6) is 0 Å². The van der Waals surface area contributed by atoms with Crippen molar-refractivity contribution >= 4 is 23.5 Å². The van der Waals surface area contributed by atoms with Crippen LogP contribution >= 0.6 is 11.6 Å². The molecule has 0 unspecified atom stereocenters. The van der Waals surface area contributed by atoms with E-state index in [4.69, 9.17) is 21.3 Å². The molecule has 0 aliphatic carbocycles. The number of carbonyl (C=O) groups excluding carboxylic acids is 2. The van der Waals surface area contributed by atoms with E-state index in [2.05, 4.69) is 10.3 Å². The largest absolute Gasteiger partial charge is 0.439 e. The van der Waals surface area contributed by atoms with E-state index in [9.17, 15) is 9.59 Å². The van der Waals surface area contributed by atoms with Crippen molar-refractivity contribution in [3.8, 4) is 17.4 Å². The van der Waals surface area contributed by atoms with Gasteiger partial charge in [0.15, 0.2) is 5.76 Å². The van der Waals surface area contributed by atoms with Gasteiger partial charge in [-0.1, -0.05) is 35.9 Å². The number of nitrogens with zero attached hydrogens (tertiary/aromatic N) is 3. The van der Waals surface area contributed by atoms with Crippen molar-refractivity contribution in [2.75, 3.05) is 0 Å². The van der Waals surface area contributed by atoms with Gasteiger partial charge in [0.1, 0.15) is 12.1 Å². The lowest BCUT2D eigenvalue weighted by Crippen LogP contribution is -2.40. The molecule has 1 fully saturated rings. The molecule has 8 heteroatoms. The van der Waals surface area contributed by atoms with E-state index in [0.29, 0.717) is 21.9 Å². The van der Waals surface area contributed by atoms with E-state index in [1.54, 1.807) is 49.4 Å². The molecule has 0 spiro atoms. The highest BCUT2D eigenvalue weighted by Gasteiger charge is 2.49. The fourth-order valence-electron chi connectivity index (χ4n) is 3.21. The number of halogens is 1. The number of hydrogen-bond donors (Lipinski definition) is 1. The zero-order chi connectivity index (χ0) is 20.6. The standard InChI is InChI=1S/C21H15ClN4O3/c1-21(15-7-5-13(10-23)6-8-15)19(27)26(20(28)25-21)12-18-24-11-17(29-18)14-3-2-4-16(22)9-14/h2-9,11H,12H2,1H3,(H,25,28)/t21-/m1/s1. The Balaban J connectivity index is 1.56. The number of rotatable bonds is 4. The first-order valence-electron chi connectivity index (χ1n) is 8.76. The van der Waals surface area contributed by atoms with Crippen LogP contribution in [0.1, 0.15) is 23.9 Å². The quantitative estimate of drug-likeness (QED) is 0.663. The fraction of sp³-hybridized carbons (Fsp3) is 0.143. The second-order valence-electron chi connectivity index (χ2n) is 6.76. The van der Waals surface area contributed by atoms with E-state index in [-0.39, 0.29) is 12.4 Å². The SMILES string of the molecule is C[C@]1(c2ccc(C#N)cc2)NC(=O)N(Cc2ncc(-c3cccc(Cl)c3)o2)C1=O. The average molecular weight is 407 g/mol. The third kappa shape index (κ3) is 3.35. The first-order valence-corrected chi connectivity index (χ1v) is 9.14. The van der Waals surface area contributed by atoms with Crippen molar-refractivity contribution in [2.45, 2.75) is 19.0 Å². The highest BCUT2D eigenvalue weighted by atomic mass is 35.5. The van der Waals surface area contributed by atoms with Crippen LogP contribution in [-0.2, 0) is 16.9 Å². The van der Waals surface area contributed by atoms with Gasteiger partial charge in [-0.25, -0.2) is 9.78 Å². The van der Waals surface area contributed by atoms with Crippen LogP contribution in [-0.4, -0.2) is 21.8 Å². The molecule has 29 heavy (non-hydrogen) atoms. The molecule has 1 aliphatic heterocycles. The molecule has 7 nitrogen and oxygen atoms in total.